The zero-order valence-corrected chi connectivity index (χ0v) is 13.1. The second-order valence-electron chi connectivity index (χ2n) is 5.04. The number of thiophene rings is 1. The topological polar surface area (TPSA) is 58.2 Å². The maximum absolute atomic E-state index is 12.2. The van der Waals surface area contributed by atoms with Gasteiger partial charge in [0.2, 0.25) is 10.0 Å². The number of sulfonamides is 1. The molecule has 0 amide bonds. The SMILES string of the molecule is CCCC1CC1NS(=O)(=O)c1csc(CNCC)c1. The van der Waals surface area contributed by atoms with Gasteiger partial charge < -0.3 is 5.32 Å². The number of rotatable bonds is 8. The first-order chi connectivity index (χ1) is 9.06. The summed E-state index contributed by atoms with van der Waals surface area (Å²) in [6, 6.07) is 1.93. The van der Waals surface area contributed by atoms with Gasteiger partial charge in [0, 0.05) is 22.8 Å². The average Bonchev–Trinajstić information content (AvgIpc) is 2.91. The number of hydrogen-bond donors (Lipinski definition) is 2. The van der Waals surface area contributed by atoms with Crippen LogP contribution >= 0.6 is 11.3 Å². The summed E-state index contributed by atoms with van der Waals surface area (Å²) in [5, 5.41) is 4.93. The standard InChI is InChI=1S/C13H22N2O2S2/c1-3-5-10-6-13(10)15-19(16,17)12-7-11(18-9-12)8-14-4-2/h7,9-10,13-15H,3-6,8H2,1-2H3. The van der Waals surface area contributed by atoms with Gasteiger partial charge in [0.1, 0.15) is 0 Å². The first kappa shape index (κ1) is 15.0. The van der Waals surface area contributed by atoms with Gasteiger partial charge in [-0.2, -0.15) is 0 Å². The van der Waals surface area contributed by atoms with Gasteiger partial charge in [0.25, 0.3) is 0 Å². The van der Waals surface area contributed by atoms with Gasteiger partial charge in [-0.15, -0.1) is 11.3 Å². The Hall–Kier alpha value is -0.430. The quantitative estimate of drug-likeness (QED) is 0.775. The Labute approximate surface area is 119 Å². The average molecular weight is 302 g/mol. The summed E-state index contributed by atoms with van der Waals surface area (Å²) in [6.45, 7) is 5.79. The van der Waals surface area contributed by atoms with E-state index < -0.39 is 10.0 Å². The third-order valence-electron chi connectivity index (χ3n) is 3.38. The van der Waals surface area contributed by atoms with Crippen molar-refractivity contribution in [1.29, 1.82) is 0 Å². The Balaban J connectivity index is 1.94. The van der Waals surface area contributed by atoms with Gasteiger partial charge in [-0.05, 0) is 31.4 Å². The van der Waals surface area contributed by atoms with Crippen molar-refractivity contribution in [3.8, 4) is 0 Å². The first-order valence-corrected chi connectivity index (χ1v) is 9.23. The van der Waals surface area contributed by atoms with Gasteiger partial charge in [-0.1, -0.05) is 20.3 Å². The first-order valence-electron chi connectivity index (χ1n) is 6.87. The van der Waals surface area contributed by atoms with Crippen LogP contribution in [0.5, 0.6) is 0 Å². The summed E-state index contributed by atoms with van der Waals surface area (Å²) in [7, 11) is -3.32. The normalized spacial score (nSPS) is 22.6. The van der Waals surface area contributed by atoms with Crippen molar-refractivity contribution >= 4 is 21.4 Å². The Morgan fingerprint density at radius 1 is 1.42 bits per heavy atom. The number of nitrogens with one attached hydrogen (secondary N) is 2. The van der Waals surface area contributed by atoms with Crippen LogP contribution in [0.2, 0.25) is 0 Å². The molecule has 0 aromatic carbocycles. The molecule has 0 radical (unpaired) electrons. The smallest absolute Gasteiger partial charge is 0.241 e. The number of hydrogen-bond acceptors (Lipinski definition) is 4. The van der Waals surface area contributed by atoms with Crippen molar-refractivity contribution in [2.75, 3.05) is 6.54 Å². The van der Waals surface area contributed by atoms with Crippen LogP contribution in [-0.2, 0) is 16.6 Å². The van der Waals surface area contributed by atoms with Crippen LogP contribution in [-0.4, -0.2) is 21.0 Å². The minimum absolute atomic E-state index is 0.155. The predicted octanol–water partition coefficient (Wildman–Crippen LogP) is 2.32. The van der Waals surface area contributed by atoms with Crippen LogP contribution in [0.3, 0.4) is 0 Å². The maximum atomic E-state index is 12.2. The molecule has 1 aromatic heterocycles. The Kier molecular flexibility index (Phi) is 5.00. The summed E-state index contributed by atoms with van der Waals surface area (Å²) in [5.41, 5.74) is 0. The van der Waals surface area contributed by atoms with Gasteiger partial charge in [-0.3, -0.25) is 0 Å². The maximum Gasteiger partial charge on any atom is 0.241 e. The summed E-state index contributed by atoms with van der Waals surface area (Å²) >= 11 is 1.49. The Morgan fingerprint density at radius 2 is 2.21 bits per heavy atom. The van der Waals surface area contributed by atoms with E-state index in [0.29, 0.717) is 10.8 Å². The highest BCUT2D eigenvalue weighted by Gasteiger charge is 2.39. The van der Waals surface area contributed by atoms with Crippen LogP contribution < -0.4 is 10.0 Å². The van der Waals surface area contributed by atoms with E-state index in [1.165, 1.54) is 11.3 Å². The van der Waals surface area contributed by atoms with Crippen LogP contribution in [0.15, 0.2) is 16.3 Å². The molecule has 0 bridgehead atoms. The van der Waals surface area contributed by atoms with E-state index in [9.17, 15) is 8.42 Å². The fourth-order valence-electron chi connectivity index (χ4n) is 2.19. The van der Waals surface area contributed by atoms with Crippen LogP contribution in [0.4, 0.5) is 0 Å². The van der Waals surface area contributed by atoms with E-state index in [0.717, 1.165) is 37.2 Å². The monoisotopic (exact) mass is 302 g/mol. The molecule has 1 aliphatic carbocycles. The molecule has 1 heterocycles. The molecule has 1 aliphatic rings. The lowest BCUT2D eigenvalue weighted by molar-refractivity contribution is 0.573. The molecule has 1 aromatic rings. The highest BCUT2D eigenvalue weighted by molar-refractivity contribution is 7.89. The van der Waals surface area contributed by atoms with Gasteiger partial charge in [0.05, 0.1) is 4.90 Å². The zero-order chi connectivity index (χ0) is 13.9. The van der Waals surface area contributed by atoms with Crippen molar-refractivity contribution < 1.29 is 8.42 Å². The summed E-state index contributed by atoms with van der Waals surface area (Å²) in [4.78, 5) is 1.47. The van der Waals surface area contributed by atoms with E-state index >= 15 is 0 Å². The Morgan fingerprint density at radius 3 is 2.89 bits per heavy atom. The van der Waals surface area contributed by atoms with E-state index in [-0.39, 0.29) is 6.04 Å². The largest absolute Gasteiger partial charge is 0.312 e. The zero-order valence-electron chi connectivity index (χ0n) is 11.5. The minimum Gasteiger partial charge on any atom is -0.312 e. The van der Waals surface area contributed by atoms with Crippen molar-refractivity contribution in [2.45, 2.75) is 50.6 Å². The van der Waals surface area contributed by atoms with Crippen LogP contribution in [0.1, 0.15) is 38.0 Å². The van der Waals surface area contributed by atoms with Crippen molar-refractivity contribution in [2.24, 2.45) is 5.92 Å². The van der Waals surface area contributed by atoms with Gasteiger partial charge in [-0.25, -0.2) is 13.1 Å². The lowest BCUT2D eigenvalue weighted by Crippen LogP contribution is -2.26. The second kappa shape index (κ2) is 6.35. The summed E-state index contributed by atoms with van der Waals surface area (Å²) in [5.74, 6) is 0.541. The highest BCUT2D eigenvalue weighted by Crippen LogP contribution is 2.36. The highest BCUT2D eigenvalue weighted by atomic mass is 32.2. The minimum atomic E-state index is -3.32. The third-order valence-corrected chi connectivity index (χ3v) is 5.93. The second-order valence-corrected chi connectivity index (χ2v) is 7.75. The predicted molar refractivity (Wildman–Crippen MR) is 78.8 cm³/mol. The summed E-state index contributed by atoms with van der Waals surface area (Å²) < 4.78 is 27.2. The van der Waals surface area contributed by atoms with Crippen molar-refractivity contribution in [3.05, 3.63) is 16.3 Å². The fraction of sp³-hybridized carbons (Fsp3) is 0.692. The molecule has 2 N–H and O–H groups in total. The molecule has 6 heteroatoms. The molecule has 108 valence electrons. The molecule has 19 heavy (non-hydrogen) atoms. The van der Waals surface area contributed by atoms with E-state index in [1.54, 1.807) is 11.4 Å². The van der Waals surface area contributed by atoms with E-state index in [2.05, 4.69) is 17.0 Å². The van der Waals surface area contributed by atoms with E-state index in [4.69, 9.17) is 0 Å². The van der Waals surface area contributed by atoms with Crippen molar-refractivity contribution in [3.63, 3.8) is 0 Å². The molecule has 1 fully saturated rings. The molecular weight excluding hydrogens is 280 g/mol. The van der Waals surface area contributed by atoms with Crippen LogP contribution in [0, 0.1) is 5.92 Å². The van der Waals surface area contributed by atoms with Crippen LogP contribution in [0.25, 0.3) is 0 Å². The molecule has 1 saturated carbocycles. The van der Waals surface area contributed by atoms with Gasteiger partial charge >= 0.3 is 0 Å². The molecule has 0 saturated heterocycles. The molecular formula is C13H22N2O2S2. The molecule has 0 aliphatic heterocycles. The van der Waals surface area contributed by atoms with Gasteiger partial charge in [0.15, 0.2) is 0 Å². The van der Waals surface area contributed by atoms with E-state index in [1.807, 2.05) is 6.92 Å². The lowest BCUT2D eigenvalue weighted by Gasteiger charge is -2.04. The third kappa shape index (κ3) is 4.02. The fourth-order valence-corrected chi connectivity index (χ4v) is 4.75. The lowest BCUT2D eigenvalue weighted by atomic mass is 10.2. The molecule has 2 unspecified atom stereocenters. The molecule has 2 rings (SSSR count). The molecule has 2 atom stereocenters. The Bertz CT molecular complexity index is 510. The summed E-state index contributed by atoms with van der Waals surface area (Å²) in [6.07, 6.45) is 3.22. The molecule has 0 spiro atoms. The molecule has 4 nitrogen and oxygen atoms in total. The van der Waals surface area contributed by atoms with Crippen molar-refractivity contribution in [1.82, 2.24) is 10.0 Å².